The first-order valence-electron chi connectivity index (χ1n) is 5.09. The van der Waals surface area contributed by atoms with E-state index in [2.05, 4.69) is 40.2 Å². The van der Waals surface area contributed by atoms with Gasteiger partial charge in [-0.25, -0.2) is 10.0 Å². The zero-order chi connectivity index (χ0) is 10.5. The van der Waals surface area contributed by atoms with E-state index in [0.717, 1.165) is 13.2 Å². The summed E-state index contributed by atoms with van der Waals surface area (Å²) in [6.45, 7) is 10.9. The standard InChI is InChI=1S/C11H26OS/c1-7-12-9-8-10-13(5,6)11(2,3)4/h7-10H2,1-6H3. The first-order chi connectivity index (χ1) is 5.81. The molecule has 0 rings (SSSR count). The van der Waals surface area contributed by atoms with E-state index in [-0.39, 0.29) is 0 Å². The minimum Gasteiger partial charge on any atom is -0.382 e. The van der Waals surface area contributed by atoms with Crippen molar-refractivity contribution in [3.05, 3.63) is 0 Å². The van der Waals surface area contributed by atoms with Gasteiger partial charge in [0.05, 0.1) is 0 Å². The molecule has 0 heterocycles. The van der Waals surface area contributed by atoms with Gasteiger partial charge in [0.2, 0.25) is 0 Å². The van der Waals surface area contributed by atoms with Gasteiger partial charge in [-0.2, -0.15) is 0 Å². The molecule has 0 amide bonds. The monoisotopic (exact) mass is 206 g/mol. The van der Waals surface area contributed by atoms with Gasteiger partial charge in [-0.1, -0.05) is 20.8 Å². The average Bonchev–Trinajstić information content (AvgIpc) is 1.96. The van der Waals surface area contributed by atoms with Crippen molar-refractivity contribution in [3.63, 3.8) is 0 Å². The van der Waals surface area contributed by atoms with Crippen LogP contribution in [-0.2, 0) is 4.74 Å². The van der Waals surface area contributed by atoms with Crippen LogP contribution in [0, 0.1) is 0 Å². The Morgan fingerprint density at radius 2 is 1.69 bits per heavy atom. The van der Waals surface area contributed by atoms with E-state index in [9.17, 15) is 0 Å². The molecule has 0 aromatic rings. The molecule has 0 aliphatic carbocycles. The minimum atomic E-state index is -0.458. The number of hydrogen-bond donors (Lipinski definition) is 0. The van der Waals surface area contributed by atoms with Gasteiger partial charge in [-0.15, -0.1) is 0 Å². The van der Waals surface area contributed by atoms with E-state index in [1.54, 1.807) is 0 Å². The summed E-state index contributed by atoms with van der Waals surface area (Å²) in [6.07, 6.45) is 6.07. The van der Waals surface area contributed by atoms with E-state index in [0.29, 0.717) is 4.75 Å². The lowest BCUT2D eigenvalue weighted by Crippen LogP contribution is -2.26. The third-order valence-electron chi connectivity index (χ3n) is 2.81. The molecule has 0 atom stereocenters. The van der Waals surface area contributed by atoms with Gasteiger partial charge in [0.15, 0.2) is 0 Å². The maximum Gasteiger partial charge on any atom is 0.0473 e. The van der Waals surface area contributed by atoms with Gasteiger partial charge in [0.25, 0.3) is 0 Å². The molecule has 1 nitrogen and oxygen atoms in total. The lowest BCUT2D eigenvalue weighted by molar-refractivity contribution is 0.149. The van der Waals surface area contributed by atoms with Crippen molar-refractivity contribution in [3.8, 4) is 0 Å². The van der Waals surface area contributed by atoms with E-state index in [1.165, 1.54) is 12.2 Å². The highest BCUT2D eigenvalue weighted by molar-refractivity contribution is 8.33. The number of rotatable bonds is 5. The van der Waals surface area contributed by atoms with Crippen molar-refractivity contribution in [1.29, 1.82) is 0 Å². The number of hydrogen-bond acceptors (Lipinski definition) is 1. The lowest BCUT2D eigenvalue weighted by Gasteiger charge is -2.44. The summed E-state index contributed by atoms with van der Waals surface area (Å²) >= 11 is 0. The maximum atomic E-state index is 5.35. The quantitative estimate of drug-likeness (QED) is 0.627. The van der Waals surface area contributed by atoms with Gasteiger partial charge in [-0.05, 0) is 36.4 Å². The van der Waals surface area contributed by atoms with Crippen molar-refractivity contribution in [2.24, 2.45) is 0 Å². The van der Waals surface area contributed by atoms with Crippen molar-refractivity contribution in [2.45, 2.75) is 38.9 Å². The Hall–Kier alpha value is 0.310. The predicted molar refractivity (Wildman–Crippen MR) is 65.2 cm³/mol. The highest BCUT2D eigenvalue weighted by Gasteiger charge is 2.26. The molecular weight excluding hydrogens is 180 g/mol. The van der Waals surface area contributed by atoms with Gasteiger partial charge in [-0.3, -0.25) is 0 Å². The third kappa shape index (κ3) is 4.92. The first-order valence-corrected chi connectivity index (χ1v) is 7.71. The highest BCUT2D eigenvalue weighted by Crippen LogP contribution is 2.52. The largest absolute Gasteiger partial charge is 0.382 e. The van der Waals surface area contributed by atoms with Gasteiger partial charge < -0.3 is 4.74 Å². The summed E-state index contributed by atoms with van der Waals surface area (Å²) in [5.74, 6) is 1.33. The molecule has 0 spiro atoms. The van der Waals surface area contributed by atoms with Crippen molar-refractivity contribution in [2.75, 3.05) is 31.5 Å². The molecule has 0 radical (unpaired) electrons. The SMILES string of the molecule is CCOCCCS(C)(C)C(C)(C)C. The zero-order valence-corrected chi connectivity index (χ0v) is 11.0. The molecule has 82 valence electrons. The normalized spacial score (nSPS) is 14.6. The Labute approximate surface area is 85.6 Å². The van der Waals surface area contributed by atoms with Crippen LogP contribution in [0.5, 0.6) is 0 Å². The fourth-order valence-electron chi connectivity index (χ4n) is 0.972. The molecule has 0 aromatic carbocycles. The van der Waals surface area contributed by atoms with Gasteiger partial charge >= 0.3 is 0 Å². The molecule has 0 unspecified atom stereocenters. The summed E-state index contributed by atoms with van der Waals surface area (Å²) in [5, 5.41) is 0. The van der Waals surface area contributed by atoms with Crippen molar-refractivity contribution < 1.29 is 4.74 Å². The molecule has 0 saturated heterocycles. The molecule has 2 heteroatoms. The van der Waals surface area contributed by atoms with Crippen LogP contribution < -0.4 is 0 Å². The fraction of sp³-hybridized carbons (Fsp3) is 1.00. The van der Waals surface area contributed by atoms with E-state index >= 15 is 0 Å². The third-order valence-corrected chi connectivity index (χ3v) is 7.43. The van der Waals surface area contributed by atoms with Crippen LogP contribution in [-0.4, -0.2) is 36.2 Å². The predicted octanol–water partition coefficient (Wildman–Crippen LogP) is 3.28. The van der Waals surface area contributed by atoms with Crippen LogP contribution in [0.1, 0.15) is 34.1 Å². The van der Waals surface area contributed by atoms with Crippen LogP contribution in [0.15, 0.2) is 0 Å². The molecule has 0 fully saturated rings. The molecule has 0 saturated carbocycles. The van der Waals surface area contributed by atoms with Crippen LogP contribution >= 0.6 is 10.0 Å². The van der Waals surface area contributed by atoms with Crippen LogP contribution in [0.4, 0.5) is 0 Å². The van der Waals surface area contributed by atoms with Crippen LogP contribution in [0.2, 0.25) is 0 Å². The second kappa shape index (κ2) is 5.26. The lowest BCUT2D eigenvalue weighted by atomic mass is 10.3. The zero-order valence-electron chi connectivity index (χ0n) is 10.1. The smallest absolute Gasteiger partial charge is 0.0473 e. The summed E-state index contributed by atoms with van der Waals surface area (Å²) in [6, 6.07) is 0. The summed E-state index contributed by atoms with van der Waals surface area (Å²) in [4.78, 5) is 0. The molecule has 13 heavy (non-hydrogen) atoms. The maximum absolute atomic E-state index is 5.35. The summed E-state index contributed by atoms with van der Waals surface area (Å²) in [7, 11) is -0.458. The molecule has 0 N–H and O–H groups in total. The van der Waals surface area contributed by atoms with Gasteiger partial charge in [0, 0.05) is 13.2 Å². The Morgan fingerprint density at radius 1 is 1.15 bits per heavy atom. The average molecular weight is 206 g/mol. The Morgan fingerprint density at radius 3 is 2.08 bits per heavy atom. The number of ether oxygens (including phenoxy) is 1. The summed E-state index contributed by atoms with van der Waals surface area (Å²) < 4.78 is 5.83. The van der Waals surface area contributed by atoms with E-state index < -0.39 is 10.0 Å². The molecule has 0 aliphatic heterocycles. The topological polar surface area (TPSA) is 9.23 Å². The Balaban J connectivity index is 3.77. The molecule has 0 aromatic heterocycles. The van der Waals surface area contributed by atoms with Crippen LogP contribution in [0.3, 0.4) is 0 Å². The highest BCUT2D eigenvalue weighted by atomic mass is 32.3. The van der Waals surface area contributed by atoms with E-state index in [4.69, 9.17) is 4.74 Å². The van der Waals surface area contributed by atoms with Crippen LogP contribution in [0.25, 0.3) is 0 Å². The molecule has 0 aliphatic rings. The second-order valence-corrected chi connectivity index (χ2v) is 9.61. The van der Waals surface area contributed by atoms with E-state index in [1.807, 2.05) is 0 Å². The minimum absolute atomic E-state index is 0.458. The second-order valence-electron chi connectivity index (χ2n) is 4.91. The fourth-order valence-corrected chi connectivity index (χ4v) is 2.42. The summed E-state index contributed by atoms with van der Waals surface area (Å²) in [5.41, 5.74) is 0. The first kappa shape index (κ1) is 13.3. The Kier molecular flexibility index (Phi) is 5.38. The molecule has 0 bridgehead atoms. The van der Waals surface area contributed by atoms with Crippen molar-refractivity contribution in [1.82, 2.24) is 0 Å². The van der Waals surface area contributed by atoms with Gasteiger partial charge in [0.1, 0.15) is 0 Å². The Bertz CT molecular complexity index is 136. The molecular formula is C11H26OS. The van der Waals surface area contributed by atoms with Crippen molar-refractivity contribution >= 4 is 10.0 Å².